The summed E-state index contributed by atoms with van der Waals surface area (Å²) >= 11 is 0. The topological polar surface area (TPSA) is 63.5 Å². The summed E-state index contributed by atoms with van der Waals surface area (Å²) in [5, 5.41) is 15.3. The number of rotatable bonds is 8. The molecule has 1 atom stereocenters. The van der Waals surface area contributed by atoms with Crippen molar-refractivity contribution in [2.45, 2.75) is 19.4 Å². The average molecular weight is 296 g/mol. The number of nitrogens with zero attached hydrogens (tertiary/aromatic N) is 2. The largest absolute Gasteiger partial charge is 0.493 e. The zero-order valence-corrected chi connectivity index (χ0v) is 13.3. The third-order valence-electron chi connectivity index (χ3n) is 3.29. The molecule has 0 amide bonds. The Kier molecular flexibility index (Phi) is 6.81. The lowest BCUT2D eigenvalue weighted by Gasteiger charge is -2.22. The third kappa shape index (κ3) is 4.26. The van der Waals surface area contributed by atoms with E-state index in [9.17, 15) is 5.11 Å². The number of aliphatic hydroxyl groups excluding tert-OH is 1. The van der Waals surface area contributed by atoms with E-state index in [1.807, 2.05) is 26.1 Å². The monoisotopic (exact) mass is 296 g/mol. The molecule has 1 aromatic rings. The molecule has 0 saturated carbocycles. The quantitative estimate of drug-likeness (QED) is 0.585. The summed E-state index contributed by atoms with van der Waals surface area (Å²) in [6, 6.07) is 3.64. The molecule has 0 bridgehead atoms. The fourth-order valence-corrected chi connectivity index (χ4v) is 1.94. The summed E-state index contributed by atoms with van der Waals surface area (Å²) in [6.45, 7) is 2.08. The van der Waals surface area contributed by atoms with Gasteiger partial charge in [0.25, 0.3) is 0 Å². The lowest BCUT2D eigenvalue weighted by molar-refractivity contribution is 0.148. The van der Waals surface area contributed by atoms with Gasteiger partial charge in [-0.25, -0.2) is 0 Å². The molecular formula is C15H24N2O4. The van der Waals surface area contributed by atoms with Crippen molar-refractivity contribution in [3.8, 4) is 17.2 Å². The molecule has 6 heteroatoms. The van der Waals surface area contributed by atoms with E-state index in [0.717, 1.165) is 12.0 Å². The van der Waals surface area contributed by atoms with Gasteiger partial charge in [0.05, 0.1) is 40.2 Å². The number of likely N-dealkylation sites (N-methyl/N-ethyl adjacent to an activating group) is 1. The molecule has 0 aliphatic heterocycles. The summed E-state index contributed by atoms with van der Waals surface area (Å²) in [5.41, 5.74) is 0.823. The maximum Gasteiger partial charge on any atom is 0.203 e. The van der Waals surface area contributed by atoms with Gasteiger partial charge in [-0.2, -0.15) is 5.10 Å². The first-order chi connectivity index (χ1) is 10.1. The standard InChI is InChI=1S/C15H24N2O4/c1-6-12(10-18)17(2)16-9-11-7-13(19-3)15(21-5)14(8-11)20-4/h7-9,12,18H,6,10H2,1-5H3/b16-9+/t12-/m1/s1. The zero-order valence-electron chi connectivity index (χ0n) is 13.3. The molecule has 1 aromatic carbocycles. The molecule has 0 radical (unpaired) electrons. The Morgan fingerprint density at radius 3 is 2.14 bits per heavy atom. The number of ether oxygens (including phenoxy) is 3. The minimum Gasteiger partial charge on any atom is -0.493 e. The first-order valence-corrected chi connectivity index (χ1v) is 6.78. The fraction of sp³-hybridized carbons (Fsp3) is 0.533. The van der Waals surface area contributed by atoms with Gasteiger partial charge in [0.1, 0.15) is 0 Å². The Labute approximate surface area is 125 Å². The van der Waals surface area contributed by atoms with E-state index in [2.05, 4.69) is 5.10 Å². The van der Waals surface area contributed by atoms with Crippen molar-refractivity contribution >= 4 is 6.21 Å². The van der Waals surface area contributed by atoms with E-state index < -0.39 is 0 Å². The highest BCUT2D eigenvalue weighted by Crippen LogP contribution is 2.37. The number of hydrogen-bond acceptors (Lipinski definition) is 6. The normalized spacial score (nSPS) is 12.3. The molecule has 118 valence electrons. The van der Waals surface area contributed by atoms with Crippen LogP contribution in [0, 0.1) is 0 Å². The van der Waals surface area contributed by atoms with Crippen molar-refractivity contribution < 1.29 is 19.3 Å². The van der Waals surface area contributed by atoms with Crippen molar-refractivity contribution in [1.82, 2.24) is 5.01 Å². The van der Waals surface area contributed by atoms with E-state index in [1.54, 1.807) is 32.6 Å². The lowest BCUT2D eigenvalue weighted by Crippen LogP contribution is -2.29. The summed E-state index contributed by atoms with van der Waals surface area (Å²) in [4.78, 5) is 0. The van der Waals surface area contributed by atoms with E-state index in [-0.39, 0.29) is 12.6 Å². The molecule has 1 rings (SSSR count). The Morgan fingerprint density at radius 1 is 1.19 bits per heavy atom. The van der Waals surface area contributed by atoms with Gasteiger partial charge < -0.3 is 19.3 Å². The van der Waals surface area contributed by atoms with Crippen molar-refractivity contribution in [2.75, 3.05) is 35.0 Å². The minimum atomic E-state index is 0.00305. The number of benzene rings is 1. The smallest absolute Gasteiger partial charge is 0.203 e. The summed E-state index contributed by atoms with van der Waals surface area (Å²) < 4.78 is 15.9. The zero-order chi connectivity index (χ0) is 15.8. The lowest BCUT2D eigenvalue weighted by atomic mass is 10.2. The van der Waals surface area contributed by atoms with Gasteiger partial charge in [-0.15, -0.1) is 0 Å². The Bertz CT molecular complexity index is 448. The van der Waals surface area contributed by atoms with Gasteiger partial charge in [-0.05, 0) is 18.6 Å². The molecule has 0 saturated heterocycles. The molecule has 0 aromatic heterocycles. The Hall–Kier alpha value is -1.95. The van der Waals surface area contributed by atoms with Crippen LogP contribution >= 0.6 is 0 Å². The highest BCUT2D eigenvalue weighted by molar-refractivity contribution is 5.82. The number of methoxy groups -OCH3 is 3. The van der Waals surface area contributed by atoms with Crippen LogP contribution in [-0.4, -0.2) is 57.4 Å². The number of aliphatic hydroxyl groups is 1. The molecule has 0 aliphatic carbocycles. The van der Waals surface area contributed by atoms with Gasteiger partial charge in [-0.3, -0.25) is 5.01 Å². The van der Waals surface area contributed by atoms with Crippen LogP contribution in [0.5, 0.6) is 17.2 Å². The second-order valence-corrected chi connectivity index (χ2v) is 4.52. The molecule has 0 aliphatic rings. The van der Waals surface area contributed by atoms with Crippen LogP contribution in [0.4, 0.5) is 0 Å². The molecule has 0 fully saturated rings. The van der Waals surface area contributed by atoms with Gasteiger partial charge >= 0.3 is 0 Å². The van der Waals surface area contributed by atoms with Gasteiger partial charge in [0, 0.05) is 12.6 Å². The third-order valence-corrected chi connectivity index (χ3v) is 3.29. The SMILES string of the molecule is CC[C@H](CO)N(C)/N=C/c1cc(OC)c(OC)c(OC)c1. The average Bonchev–Trinajstić information content (AvgIpc) is 2.52. The predicted octanol–water partition coefficient (Wildman–Crippen LogP) is 1.75. The number of hydrogen-bond donors (Lipinski definition) is 1. The fourth-order valence-electron chi connectivity index (χ4n) is 1.94. The van der Waals surface area contributed by atoms with Crippen molar-refractivity contribution in [3.63, 3.8) is 0 Å². The Balaban J connectivity index is 3.03. The summed E-state index contributed by atoms with van der Waals surface area (Å²) in [5.74, 6) is 1.71. The molecule has 6 nitrogen and oxygen atoms in total. The molecule has 21 heavy (non-hydrogen) atoms. The Morgan fingerprint density at radius 2 is 1.76 bits per heavy atom. The van der Waals surface area contributed by atoms with Crippen LogP contribution in [0.1, 0.15) is 18.9 Å². The second-order valence-electron chi connectivity index (χ2n) is 4.52. The molecule has 0 spiro atoms. The first-order valence-electron chi connectivity index (χ1n) is 6.78. The van der Waals surface area contributed by atoms with Crippen LogP contribution in [-0.2, 0) is 0 Å². The predicted molar refractivity (Wildman–Crippen MR) is 82.6 cm³/mol. The number of hydrazone groups is 1. The summed E-state index contributed by atoms with van der Waals surface area (Å²) in [7, 11) is 6.54. The maximum absolute atomic E-state index is 9.25. The highest BCUT2D eigenvalue weighted by atomic mass is 16.5. The first kappa shape index (κ1) is 17.1. The van der Waals surface area contributed by atoms with E-state index in [4.69, 9.17) is 14.2 Å². The molecule has 0 unspecified atom stereocenters. The van der Waals surface area contributed by atoms with Crippen LogP contribution in [0.25, 0.3) is 0 Å². The van der Waals surface area contributed by atoms with E-state index in [1.165, 1.54) is 0 Å². The van der Waals surface area contributed by atoms with Crippen LogP contribution in [0.3, 0.4) is 0 Å². The highest BCUT2D eigenvalue weighted by Gasteiger charge is 2.13. The van der Waals surface area contributed by atoms with Crippen molar-refractivity contribution in [1.29, 1.82) is 0 Å². The van der Waals surface area contributed by atoms with E-state index >= 15 is 0 Å². The minimum absolute atomic E-state index is 0.00305. The van der Waals surface area contributed by atoms with Crippen molar-refractivity contribution in [3.05, 3.63) is 17.7 Å². The second kappa shape index (κ2) is 8.36. The van der Waals surface area contributed by atoms with Gasteiger partial charge in [-0.1, -0.05) is 6.92 Å². The maximum atomic E-state index is 9.25. The molecular weight excluding hydrogens is 272 g/mol. The van der Waals surface area contributed by atoms with E-state index in [0.29, 0.717) is 17.2 Å². The van der Waals surface area contributed by atoms with Gasteiger partial charge in [0.15, 0.2) is 11.5 Å². The summed E-state index contributed by atoms with van der Waals surface area (Å²) in [6.07, 6.45) is 2.52. The van der Waals surface area contributed by atoms with Gasteiger partial charge in [0.2, 0.25) is 5.75 Å². The molecule has 1 N–H and O–H groups in total. The van der Waals surface area contributed by atoms with Crippen LogP contribution in [0.15, 0.2) is 17.2 Å². The molecule has 0 heterocycles. The van der Waals surface area contributed by atoms with Crippen molar-refractivity contribution in [2.24, 2.45) is 5.10 Å². The van der Waals surface area contributed by atoms with Crippen LogP contribution < -0.4 is 14.2 Å². The van der Waals surface area contributed by atoms with Crippen LogP contribution in [0.2, 0.25) is 0 Å².